The van der Waals surface area contributed by atoms with Gasteiger partial charge in [-0.15, -0.1) is 0 Å². The summed E-state index contributed by atoms with van der Waals surface area (Å²) in [5.74, 6) is 0.151. The first-order chi connectivity index (χ1) is 14.7. The van der Waals surface area contributed by atoms with Gasteiger partial charge in [-0.3, -0.25) is 9.78 Å². The van der Waals surface area contributed by atoms with Crippen LogP contribution in [0.1, 0.15) is 58.9 Å². The Labute approximate surface area is 185 Å². The molecule has 1 amide bonds. The fourth-order valence-corrected chi connectivity index (χ4v) is 5.34. The largest absolute Gasteiger partial charge is 0.353 e. The molecule has 1 aromatic carbocycles. The monoisotopic (exact) mass is 418 g/mol. The number of pyridine rings is 1. The van der Waals surface area contributed by atoms with Crippen LogP contribution >= 0.6 is 0 Å². The Morgan fingerprint density at radius 1 is 1.06 bits per heavy atom. The van der Waals surface area contributed by atoms with Crippen LogP contribution in [-0.4, -0.2) is 33.0 Å². The molecule has 164 valence electrons. The number of H-pyrrole nitrogens is 1. The van der Waals surface area contributed by atoms with E-state index in [0.717, 1.165) is 42.6 Å². The third-order valence-electron chi connectivity index (χ3n) is 6.12. The van der Waals surface area contributed by atoms with Gasteiger partial charge in [-0.1, -0.05) is 24.3 Å². The van der Waals surface area contributed by atoms with Crippen molar-refractivity contribution in [2.75, 3.05) is 0 Å². The summed E-state index contributed by atoms with van der Waals surface area (Å²) in [7, 11) is 0. The number of hydrogen-bond acceptors (Lipinski definition) is 3. The van der Waals surface area contributed by atoms with Gasteiger partial charge in [-0.2, -0.15) is 0 Å². The maximum absolute atomic E-state index is 12.7. The zero-order chi connectivity index (χ0) is 22.1. The Balaban J connectivity index is 1.42. The number of nitrogens with zero attached hydrogens (tertiary/aromatic N) is 1. The summed E-state index contributed by atoms with van der Waals surface area (Å²) in [6.07, 6.45) is 5.91. The van der Waals surface area contributed by atoms with Crippen molar-refractivity contribution in [1.82, 2.24) is 20.6 Å². The predicted molar refractivity (Wildman–Crippen MR) is 127 cm³/mol. The van der Waals surface area contributed by atoms with Gasteiger partial charge in [0.15, 0.2) is 0 Å². The van der Waals surface area contributed by atoms with Gasteiger partial charge < -0.3 is 15.6 Å². The molecule has 3 N–H and O–H groups in total. The van der Waals surface area contributed by atoms with E-state index < -0.39 is 0 Å². The summed E-state index contributed by atoms with van der Waals surface area (Å²) in [4.78, 5) is 20.8. The lowest BCUT2D eigenvalue weighted by Gasteiger charge is -2.46. The number of amides is 1. The van der Waals surface area contributed by atoms with Crippen molar-refractivity contribution in [3.63, 3.8) is 0 Å². The molecule has 2 aromatic heterocycles. The summed E-state index contributed by atoms with van der Waals surface area (Å²) in [6, 6.07) is 14.5. The average Bonchev–Trinajstić information content (AvgIpc) is 3.05. The summed E-state index contributed by atoms with van der Waals surface area (Å²) >= 11 is 0. The van der Waals surface area contributed by atoms with Crippen molar-refractivity contribution in [2.24, 2.45) is 0 Å². The van der Waals surface area contributed by atoms with E-state index in [4.69, 9.17) is 0 Å². The quantitative estimate of drug-likeness (QED) is 0.529. The van der Waals surface area contributed by atoms with E-state index in [1.54, 1.807) is 0 Å². The zero-order valence-corrected chi connectivity index (χ0v) is 19.1. The minimum absolute atomic E-state index is 0.0291. The third-order valence-corrected chi connectivity index (χ3v) is 6.12. The lowest BCUT2D eigenvalue weighted by atomic mass is 9.79. The fraction of sp³-hybridized carbons (Fsp3) is 0.462. The van der Waals surface area contributed by atoms with E-state index in [1.807, 2.05) is 30.5 Å². The molecular weight excluding hydrogens is 384 g/mol. The number of para-hydroxylation sites is 1. The minimum atomic E-state index is 0.0291. The number of piperidine rings is 1. The number of aromatic nitrogens is 2. The van der Waals surface area contributed by atoms with Crippen LogP contribution in [0.2, 0.25) is 0 Å². The number of aryl methyl sites for hydroxylation is 1. The molecule has 3 heterocycles. The summed E-state index contributed by atoms with van der Waals surface area (Å²) in [5, 5.41) is 8.18. The lowest BCUT2D eigenvalue weighted by Crippen LogP contribution is -2.62. The molecule has 31 heavy (non-hydrogen) atoms. The second-order valence-corrected chi connectivity index (χ2v) is 10.2. The number of hydrogen-bond donors (Lipinski definition) is 3. The molecule has 5 heteroatoms. The van der Waals surface area contributed by atoms with Crippen LogP contribution in [0.3, 0.4) is 0 Å². The van der Waals surface area contributed by atoms with E-state index in [9.17, 15) is 4.79 Å². The van der Waals surface area contributed by atoms with Crippen LogP contribution in [0.5, 0.6) is 0 Å². The van der Waals surface area contributed by atoms with Crippen molar-refractivity contribution in [2.45, 2.75) is 76.9 Å². The Hall–Kier alpha value is -2.66. The van der Waals surface area contributed by atoms with Crippen molar-refractivity contribution in [3.05, 3.63) is 54.2 Å². The van der Waals surface area contributed by atoms with E-state index >= 15 is 0 Å². The van der Waals surface area contributed by atoms with Gasteiger partial charge in [0.2, 0.25) is 5.91 Å². The highest BCUT2D eigenvalue weighted by molar-refractivity contribution is 5.90. The molecule has 3 aromatic rings. The van der Waals surface area contributed by atoms with E-state index in [0.29, 0.717) is 6.42 Å². The van der Waals surface area contributed by atoms with Crippen molar-refractivity contribution >= 4 is 16.8 Å². The predicted octanol–water partition coefficient (Wildman–Crippen LogP) is 4.98. The van der Waals surface area contributed by atoms with Crippen LogP contribution in [-0.2, 0) is 11.2 Å². The van der Waals surface area contributed by atoms with E-state index in [1.165, 1.54) is 10.9 Å². The number of aromatic amines is 1. The summed E-state index contributed by atoms with van der Waals surface area (Å²) < 4.78 is 0. The van der Waals surface area contributed by atoms with Crippen LogP contribution in [0.4, 0.5) is 0 Å². The fourth-order valence-electron chi connectivity index (χ4n) is 5.34. The Bertz CT molecular complexity index is 1040. The lowest BCUT2D eigenvalue weighted by molar-refractivity contribution is -0.122. The second kappa shape index (κ2) is 8.46. The normalized spacial score (nSPS) is 18.2. The molecule has 1 aliphatic rings. The van der Waals surface area contributed by atoms with Crippen LogP contribution in [0.15, 0.2) is 48.7 Å². The molecule has 5 nitrogen and oxygen atoms in total. The molecule has 0 saturated carbocycles. The molecule has 1 saturated heterocycles. The molecule has 0 radical (unpaired) electrons. The minimum Gasteiger partial charge on any atom is -0.353 e. The highest BCUT2D eigenvalue weighted by atomic mass is 16.1. The maximum atomic E-state index is 12.7. The summed E-state index contributed by atoms with van der Waals surface area (Å²) in [5.41, 5.74) is 4.41. The van der Waals surface area contributed by atoms with Crippen LogP contribution in [0, 0.1) is 0 Å². The third kappa shape index (κ3) is 5.16. The number of rotatable bonds is 6. The topological polar surface area (TPSA) is 69.8 Å². The Morgan fingerprint density at radius 3 is 2.48 bits per heavy atom. The SMILES string of the molecule is CC1(C)CC(NC(=O)CCCc2c(-c3ccccn3)[nH]c3ccccc23)CC(C)(C)N1. The summed E-state index contributed by atoms with van der Waals surface area (Å²) in [6.45, 7) is 8.85. The van der Waals surface area contributed by atoms with Gasteiger partial charge in [0.05, 0.1) is 11.4 Å². The first-order valence-electron chi connectivity index (χ1n) is 11.3. The zero-order valence-electron chi connectivity index (χ0n) is 19.1. The molecule has 0 atom stereocenters. The van der Waals surface area contributed by atoms with Gasteiger partial charge in [-0.25, -0.2) is 0 Å². The van der Waals surface area contributed by atoms with Gasteiger partial charge in [-0.05, 0) is 77.1 Å². The number of carbonyl (C=O) groups excluding carboxylic acids is 1. The standard InChI is InChI=1S/C26H34N4O/c1-25(2)16-18(17-26(3,4)30-25)28-23(31)14-9-11-20-19-10-5-6-12-21(19)29-24(20)22-13-7-8-15-27-22/h5-8,10,12-13,15,18,29-30H,9,11,14,16-17H2,1-4H3,(H,28,31). The molecule has 1 fully saturated rings. The molecular formula is C26H34N4O. The number of benzene rings is 1. The van der Waals surface area contributed by atoms with Crippen molar-refractivity contribution in [3.8, 4) is 11.4 Å². The number of carbonyl (C=O) groups is 1. The molecule has 0 unspecified atom stereocenters. The molecule has 0 aliphatic carbocycles. The highest BCUT2D eigenvalue weighted by Crippen LogP contribution is 2.31. The first-order valence-corrected chi connectivity index (χ1v) is 11.3. The van der Waals surface area contributed by atoms with Crippen molar-refractivity contribution < 1.29 is 4.79 Å². The van der Waals surface area contributed by atoms with Gasteiger partial charge >= 0.3 is 0 Å². The number of nitrogens with one attached hydrogen (secondary N) is 3. The highest BCUT2D eigenvalue weighted by Gasteiger charge is 2.38. The molecule has 0 spiro atoms. The smallest absolute Gasteiger partial charge is 0.220 e. The van der Waals surface area contributed by atoms with Gasteiger partial charge in [0.1, 0.15) is 0 Å². The van der Waals surface area contributed by atoms with E-state index in [-0.39, 0.29) is 23.0 Å². The first kappa shape index (κ1) is 21.6. The van der Waals surface area contributed by atoms with E-state index in [2.05, 4.69) is 66.5 Å². The molecule has 4 rings (SSSR count). The maximum Gasteiger partial charge on any atom is 0.220 e. The Kier molecular flexibility index (Phi) is 5.89. The molecule has 1 aliphatic heterocycles. The number of fused-ring (bicyclic) bond motifs is 1. The van der Waals surface area contributed by atoms with Gasteiger partial charge in [0, 0.05) is 40.6 Å². The second-order valence-electron chi connectivity index (χ2n) is 10.2. The van der Waals surface area contributed by atoms with Crippen LogP contribution in [0.25, 0.3) is 22.3 Å². The van der Waals surface area contributed by atoms with Crippen molar-refractivity contribution in [1.29, 1.82) is 0 Å². The molecule has 0 bridgehead atoms. The Morgan fingerprint density at radius 2 is 1.77 bits per heavy atom. The van der Waals surface area contributed by atoms with Crippen LogP contribution < -0.4 is 10.6 Å². The average molecular weight is 419 g/mol. The van der Waals surface area contributed by atoms with Gasteiger partial charge in [0.25, 0.3) is 0 Å².